The largest absolute Gasteiger partial charge is 0.368 e. The Morgan fingerprint density at radius 1 is 1.38 bits per heavy atom. The third-order valence-corrected chi connectivity index (χ3v) is 4.65. The Labute approximate surface area is 158 Å². The van der Waals surface area contributed by atoms with E-state index in [1.54, 1.807) is 6.08 Å². The maximum absolute atomic E-state index is 4.12. The standard InChI is InChI=1S/C19H28N4.C3H6/c1-4-15-7-8-16-11-18(22-19(16)10-15)12-20-14(2)21-17-6-5-9-23(3)13-17;1-3-2/h7-8,10-11,17,20-22H,2,4-6,9,12-13H2,1,3H3;3H,1H2,2H3. The number of hydrogen-bond acceptors (Lipinski definition) is 3. The summed E-state index contributed by atoms with van der Waals surface area (Å²) in [4.78, 5) is 5.87. The predicted molar refractivity (Wildman–Crippen MR) is 113 cm³/mol. The molecule has 1 atom stereocenters. The molecule has 4 nitrogen and oxygen atoms in total. The third-order valence-electron chi connectivity index (χ3n) is 4.65. The first-order valence-corrected chi connectivity index (χ1v) is 9.61. The van der Waals surface area contributed by atoms with E-state index in [9.17, 15) is 0 Å². The lowest BCUT2D eigenvalue weighted by molar-refractivity contribution is 0.233. The van der Waals surface area contributed by atoms with Gasteiger partial charge in [0.1, 0.15) is 0 Å². The minimum absolute atomic E-state index is 0.503. The molecule has 0 spiro atoms. The smallest absolute Gasteiger partial charge is 0.0918 e. The molecule has 0 aliphatic carbocycles. The Kier molecular flexibility index (Phi) is 7.79. The van der Waals surface area contributed by atoms with E-state index in [2.05, 4.69) is 71.9 Å². The van der Waals surface area contributed by atoms with Crippen LogP contribution >= 0.6 is 0 Å². The third kappa shape index (κ3) is 5.95. The van der Waals surface area contributed by atoms with Crippen LogP contribution in [-0.2, 0) is 13.0 Å². The molecular weight excluding hydrogens is 320 g/mol. The second kappa shape index (κ2) is 10.1. The molecule has 3 N–H and O–H groups in total. The average Bonchev–Trinajstić information content (AvgIpc) is 3.02. The second-order valence-corrected chi connectivity index (χ2v) is 7.06. The number of H-pyrrole nitrogens is 1. The maximum atomic E-state index is 4.12. The van der Waals surface area contributed by atoms with Gasteiger partial charge in [0.15, 0.2) is 0 Å². The number of nitrogens with one attached hydrogen (secondary N) is 3. The minimum atomic E-state index is 0.503. The SMILES string of the molecule is C=C(NCc1cc2ccc(CC)cc2[nH]1)NC1CCCN(C)C1.C=CC. The van der Waals surface area contributed by atoms with Crippen LogP contribution in [0.25, 0.3) is 10.9 Å². The molecule has 3 rings (SSSR count). The zero-order valence-electron chi connectivity index (χ0n) is 16.6. The molecule has 26 heavy (non-hydrogen) atoms. The Balaban J connectivity index is 0.000000758. The molecular formula is C22H34N4. The highest BCUT2D eigenvalue weighted by molar-refractivity contribution is 5.81. The van der Waals surface area contributed by atoms with Crippen molar-refractivity contribution >= 4 is 10.9 Å². The summed E-state index contributed by atoms with van der Waals surface area (Å²) in [6, 6.07) is 9.35. The van der Waals surface area contributed by atoms with E-state index in [0.717, 1.165) is 25.3 Å². The van der Waals surface area contributed by atoms with E-state index >= 15 is 0 Å². The highest BCUT2D eigenvalue weighted by Gasteiger charge is 2.16. The molecule has 0 amide bonds. The second-order valence-electron chi connectivity index (χ2n) is 7.06. The number of benzene rings is 1. The molecule has 0 radical (unpaired) electrons. The van der Waals surface area contributed by atoms with Crippen molar-refractivity contribution in [2.75, 3.05) is 20.1 Å². The molecule has 2 aromatic rings. The number of likely N-dealkylation sites (N-methyl/N-ethyl adjacent to an activating group) is 1. The Morgan fingerprint density at radius 3 is 2.85 bits per heavy atom. The van der Waals surface area contributed by atoms with Crippen LogP contribution in [-0.4, -0.2) is 36.1 Å². The Bertz CT molecular complexity index is 716. The topological polar surface area (TPSA) is 43.1 Å². The van der Waals surface area contributed by atoms with Gasteiger partial charge in [0, 0.05) is 23.8 Å². The first-order valence-electron chi connectivity index (χ1n) is 9.61. The zero-order chi connectivity index (χ0) is 18.9. The van der Waals surface area contributed by atoms with Crippen molar-refractivity contribution < 1.29 is 0 Å². The number of hydrogen-bond donors (Lipinski definition) is 3. The van der Waals surface area contributed by atoms with Crippen LogP contribution in [0.2, 0.25) is 0 Å². The van der Waals surface area contributed by atoms with Gasteiger partial charge in [-0.15, -0.1) is 6.58 Å². The zero-order valence-corrected chi connectivity index (χ0v) is 16.6. The number of aromatic nitrogens is 1. The normalized spacial score (nSPS) is 17.3. The fourth-order valence-corrected chi connectivity index (χ4v) is 3.33. The van der Waals surface area contributed by atoms with Crippen molar-refractivity contribution in [2.45, 2.75) is 45.7 Å². The van der Waals surface area contributed by atoms with Crippen LogP contribution in [0.4, 0.5) is 0 Å². The molecule has 1 unspecified atom stereocenters. The lowest BCUT2D eigenvalue weighted by atomic mass is 10.1. The van der Waals surface area contributed by atoms with E-state index in [-0.39, 0.29) is 0 Å². The fourth-order valence-electron chi connectivity index (χ4n) is 3.33. The number of allylic oxidation sites excluding steroid dienone is 1. The predicted octanol–water partition coefficient (Wildman–Crippen LogP) is 4.17. The molecule has 1 aromatic carbocycles. The summed E-state index contributed by atoms with van der Waals surface area (Å²) in [5.74, 6) is 0.915. The number of aryl methyl sites for hydroxylation is 1. The summed E-state index contributed by atoms with van der Waals surface area (Å²) < 4.78 is 0. The summed E-state index contributed by atoms with van der Waals surface area (Å²) in [6.07, 6.45) is 5.29. The van der Waals surface area contributed by atoms with Crippen molar-refractivity contribution in [3.63, 3.8) is 0 Å². The number of rotatable bonds is 6. The quantitative estimate of drug-likeness (QED) is 0.682. The van der Waals surface area contributed by atoms with Gasteiger partial charge in [-0.05, 0) is 62.9 Å². The van der Waals surface area contributed by atoms with Gasteiger partial charge in [0.2, 0.25) is 0 Å². The van der Waals surface area contributed by atoms with Gasteiger partial charge in [0.05, 0.1) is 12.4 Å². The van der Waals surface area contributed by atoms with Crippen molar-refractivity contribution in [2.24, 2.45) is 0 Å². The van der Waals surface area contributed by atoms with E-state index < -0.39 is 0 Å². The van der Waals surface area contributed by atoms with Crippen LogP contribution < -0.4 is 10.6 Å². The number of piperidine rings is 1. The van der Waals surface area contributed by atoms with Crippen LogP contribution in [0.5, 0.6) is 0 Å². The lowest BCUT2D eigenvalue weighted by Gasteiger charge is -2.31. The van der Waals surface area contributed by atoms with E-state index in [4.69, 9.17) is 0 Å². The highest BCUT2D eigenvalue weighted by atomic mass is 15.2. The molecule has 1 aliphatic heterocycles. The van der Waals surface area contributed by atoms with E-state index in [1.807, 2.05) is 6.92 Å². The van der Waals surface area contributed by atoms with Gasteiger partial charge in [-0.3, -0.25) is 0 Å². The summed E-state index contributed by atoms with van der Waals surface area (Å²) in [5.41, 5.74) is 3.77. The summed E-state index contributed by atoms with van der Waals surface area (Å²) in [7, 11) is 2.18. The number of fused-ring (bicyclic) bond motifs is 1. The van der Waals surface area contributed by atoms with Gasteiger partial charge in [-0.2, -0.15) is 0 Å². The Hall–Kier alpha value is -2.20. The summed E-state index contributed by atoms with van der Waals surface area (Å²) in [5, 5.41) is 8.18. The fraction of sp³-hybridized carbons (Fsp3) is 0.455. The Morgan fingerprint density at radius 2 is 2.15 bits per heavy atom. The van der Waals surface area contributed by atoms with Crippen molar-refractivity contribution in [3.8, 4) is 0 Å². The van der Waals surface area contributed by atoms with Crippen molar-refractivity contribution in [1.82, 2.24) is 20.5 Å². The van der Waals surface area contributed by atoms with Crippen LogP contribution in [0.15, 0.2) is 49.3 Å². The molecule has 142 valence electrons. The maximum Gasteiger partial charge on any atom is 0.0918 e. The molecule has 0 bridgehead atoms. The van der Waals surface area contributed by atoms with Gasteiger partial charge in [-0.1, -0.05) is 31.7 Å². The molecule has 1 fully saturated rings. The summed E-state index contributed by atoms with van der Waals surface area (Å²) >= 11 is 0. The first kappa shape index (κ1) is 20.1. The van der Waals surface area contributed by atoms with Crippen molar-refractivity contribution in [1.29, 1.82) is 0 Å². The molecule has 1 saturated heterocycles. The van der Waals surface area contributed by atoms with Crippen molar-refractivity contribution in [3.05, 3.63) is 60.6 Å². The van der Waals surface area contributed by atoms with Gasteiger partial charge >= 0.3 is 0 Å². The molecule has 1 aromatic heterocycles. The number of likely N-dealkylation sites (tertiary alicyclic amines) is 1. The first-order chi connectivity index (χ1) is 12.5. The number of nitrogens with zero attached hydrogens (tertiary/aromatic N) is 1. The van der Waals surface area contributed by atoms with E-state index in [1.165, 1.54) is 41.5 Å². The summed E-state index contributed by atoms with van der Waals surface area (Å²) in [6.45, 7) is 14.6. The molecule has 4 heteroatoms. The molecule has 0 saturated carbocycles. The van der Waals surface area contributed by atoms with E-state index in [0.29, 0.717) is 6.04 Å². The highest BCUT2D eigenvalue weighted by Crippen LogP contribution is 2.17. The average molecular weight is 355 g/mol. The molecule has 2 heterocycles. The van der Waals surface area contributed by atoms with Gasteiger partial charge in [0.25, 0.3) is 0 Å². The monoisotopic (exact) mass is 354 g/mol. The lowest BCUT2D eigenvalue weighted by Crippen LogP contribution is -2.45. The van der Waals surface area contributed by atoms with Gasteiger partial charge in [-0.25, -0.2) is 0 Å². The van der Waals surface area contributed by atoms with Crippen LogP contribution in [0.3, 0.4) is 0 Å². The van der Waals surface area contributed by atoms with Gasteiger partial charge < -0.3 is 20.5 Å². The van der Waals surface area contributed by atoms with Crippen LogP contribution in [0.1, 0.15) is 37.9 Å². The van der Waals surface area contributed by atoms with Crippen LogP contribution in [0, 0.1) is 0 Å². The molecule has 1 aliphatic rings. The minimum Gasteiger partial charge on any atom is -0.368 e. The number of aromatic amines is 1.